The third-order valence-electron chi connectivity index (χ3n) is 7.14. The van der Waals surface area contributed by atoms with Gasteiger partial charge in [0.25, 0.3) is 5.91 Å². The number of carbonyl (C=O) groups excluding carboxylic acids is 2. The van der Waals surface area contributed by atoms with E-state index in [-0.39, 0.29) is 18.5 Å². The Hall–Kier alpha value is -2.95. The number of halogens is 2. The molecular formula is C28H36F2N4O4. The molecule has 206 valence electrons. The zero-order valence-electron chi connectivity index (χ0n) is 22.1. The number of piperidine rings is 1. The monoisotopic (exact) mass is 530 g/mol. The standard InChI is InChI=1S/C28H36F2N4O4/c1-27(2,30)17-34-10-8-18(9-11-34)16-38-21-5-7-24(31-15-21)19-4-6-22(23(29)12-19)25(36)33-26(37)28(3)13-20(35)14-32-28/h4-7,12,15,18,20,32,35H,8-11,13-14,16-17H2,1-3H3,(H,33,36,37)/t20-,28+/m1/s1. The van der Waals surface area contributed by atoms with Crippen LogP contribution in [0.15, 0.2) is 36.5 Å². The summed E-state index contributed by atoms with van der Waals surface area (Å²) >= 11 is 0. The molecule has 1 aromatic carbocycles. The fourth-order valence-corrected chi connectivity index (χ4v) is 4.99. The Labute approximate surface area is 221 Å². The second-order valence-corrected chi connectivity index (χ2v) is 11.2. The Bertz CT molecular complexity index is 1150. The molecule has 2 aromatic rings. The van der Waals surface area contributed by atoms with Gasteiger partial charge in [0.15, 0.2) is 0 Å². The second kappa shape index (κ2) is 11.4. The minimum absolute atomic E-state index is 0.164. The Kier molecular flexibility index (Phi) is 8.44. The number of rotatable bonds is 8. The highest BCUT2D eigenvalue weighted by atomic mass is 19.1. The van der Waals surface area contributed by atoms with Gasteiger partial charge in [-0.05, 0) is 76.9 Å². The summed E-state index contributed by atoms with van der Waals surface area (Å²) in [6.07, 6.45) is 2.96. The van der Waals surface area contributed by atoms with Crippen LogP contribution < -0.4 is 15.4 Å². The minimum Gasteiger partial charge on any atom is -0.492 e. The molecule has 0 bridgehead atoms. The number of aliphatic hydroxyl groups excluding tert-OH is 1. The van der Waals surface area contributed by atoms with Gasteiger partial charge in [0.1, 0.15) is 17.2 Å². The van der Waals surface area contributed by atoms with Gasteiger partial charge >= 0.3 is 0 Å². The van der Waals surface area contributed by atoms with Crippen LogP contribution in [0.2, 0.25) is 0 Å². The summed E-state index contributed by atoms with van der Waals surface area (Å²) in [5.74, 6) is -1.24. The first-order valence-electron chi connectivity index (χ1n) is 13.0. The third kappa shape index (κ3) is 7.12. The van der Waals surface area contributed by atoms with E-state index in [4.69, 9.17) is 4.74 Å². The first-order chi connectivity index (χ1) is 17.9. The maximum absolute atomic E-state index is 14.8. The first-order valence-corrected chi connectivity index (χ1v) is 13.0. The van der Waals surface area contributed by atoms with Gasteiger partial charge in [0.2, 0.25) is 5.91 Å². The zero-order valence-corrected chi connectivity index (χ0v) is 22.1. The lowest BCUT2D eigenvalue weighted by Gasteiger charge is -2.34. The van der Waals surface area contributed by atoms with Crippen molar-refractivity contribution in [3.8, 4) is 17.0 Å². The Balaban J connectivity index is 1.29. The molecule has 2 amide bonds. The van der Waals surface area contributed by atoms with E-state index >= 15 is 0 Å². The highest BCUT2D eigenvalue weighted by Gasteiger charge is 2.41. The van der Waals surface area contributed by atoms with Crippen molar-refractivity contribution in [3.05, 3.63) is 47.9 Å². The van der Waals surface area contributed by atoms with Crippen LogP contribution >= 0.6 is 0 Å². The maximum atomic E-state index is 14.8. The molecule has 0 radical (unpaired) electrons. The van der Waals surface area contributed by atoms with Crippen molar-refractivity contribution >= 4 is 11.8 Å². The fraction of sp³-hybridized carbons (Fsp3) is 0.536. The van der Waals surface area contributed by atoms with E-state index in [2.05, 4.69) is 20.5 Å². The summed E-state index contributed by atoms with van der Waals surface area (Å²) < 4.78 is 34.6. The summed E-state index contributed by atoms with van der Waals surface area (Å²) in [6, 6.07) is 7.57. The van der Waals surface area contributed by atoms with Crippen LogP contribution in [0.5, 0.6) is 5.75 Å². The number of likely N-dealkylation sites (tertiary alicyclic amines) is 1. The molecule has 8 nitrogen and oxygen atoms in total. The highest BCUT2D eigenvalue weighted by molar-refractivity contribution is 6.07. The van der Waals surface area contributed by atoms with Gasteiger partial charge in [-0.2, -0.15) is 0 Å². The van der Waals surface area contributed by atoms with Gasteiger partial charge in [0.05, 0.1) is 35.7 Å². The number of alkyl halides is 1. The molecule has 2 fully saturated rings. The number of nitrogens with one attached hydrogen (secondary N) is 2. The number of hydrogen-bond donors (Lipinski definition) is 3. The number of ether oxygens (including phenoxy) is 1. The van der Waals surface area contributed by atoms with Crippen molar-refractivity contribution in [1.82, 2.24) is 20.5 Å². The lowest BCUT2D eigenvalue weighted by molar-refractivity contribution is -0.125. The number of imide groups is 1. The molecule has 0 aliphatic carbocycles. The molecule has 2 saturated heterocycles. The van der Waals surface area contributed by atoms with E-state index in [9.17, 15) is 23.5 Å². The number of benzene rings is 1. The summed E-state index contributed by atoms with van der Waals surface area (Å²) in [5.41, 5.74) is -1.55. The van der Waals surface area contributed by atoms with Crippen LogP contribution in [0.4, 0.5) is 8.78 Å². The van der Waals surface area contributed by atoms with Crippen LogP contribution in [0, 0.1) is 11.7 Å². The van der Waals surface area contributed by atoms with Gasteiger partial charge in [-0.25, -0.2) is 8.78 Å². The topological polar surface area (TPSA) is 104 Å². The van der Waals surface area contributed by atoms with Crippen LogP contribution in [-0.4, -0.2) is 76.9 Å². The number of pyridine rings is 1. The van der Waals surface area contributed by atoms with Crippen molar-refractivity contribution in [2.24, 2.45) is 5.92 Å². The van der Waals surface area contributed by atoms with E-state index in [0.29, 0.717) is 36.1 Å². The predicted octanol–water partition coefficient (Wildman–Crippen LogP) is 3.10. The maximum Gasteiger partial charge on any atom is 0.260 e. The molecule has 1 aromatic heterocycles. The number of amides is 2. The molecule has 4 rings (SSSR count). The highest BCUT2D eigenvalue weighted by Crippen LogP contribution is 2.25. The molecule has 0 spiro atoms. The van der Waals surface area contributed by atoms with Crippen molar-refractivity contribution < 1.29 is 28.2 Å². The molecule has 10 heteroatoms. The number of nitrogens with zero attached hydrogens (tertiary/aromatic N) is 2. The van der Waals surface area contributed by atoms with Gasteiger partial charge in [0, 0.05) is 25.1 Å². The fourth-order valence-electron chi connectivity index (χ4n) is 4.99. The van der Waals surface area contributed by atoms with Crippen molar-refractivity contribution in [3.63, 3.8) is 0 Å². The normalized spacial score (nSPS) is 22.8. The number of hydrogen-bond acceptors (Lipinski definition) is 7. The van der Waals surface area contributed by atoms with Crippen LogP contribution in [0.3, 0.4) is 0 Å². The third-order valence-corrected chi connectivity index (χ3v) is 7.14. The molecule has 2 atom stereocenters. The Morgan fingerprint density at radius 3 is 2.58 bits per heavy atom. The summed E-state index contributed by atoms with van der Waals surface area (Å²) in [4.78, 5) is 31.5. The molecule has 0 unspecified atom stereocenters. The average Bonchev–Trinajstić information content (AvgIpc) is 3.22. The van der Waals surface area contributed by atoms with Gasteiger partial charge in [-0.1, -0.05) is 6.07 Å². The quantitative estimate of drug-likeness (QED) is 0.451. The number of aliphatic hydroxyl groups is 1. The van der Waals surface area contributed by atoms with E-state index in [1.165, 1.54) is 12.1 Å². The smallest absolute Gasteiger partial charge is 0.260 e. The van der Waals surface area contributed by atoms with E-state index in [0.717, 1.165) is 25.9 Å². The Morgan fingerprint density at radius 1 is 1.26 bits per heavy atom. The van der Waals surface area contributed by atoms with Crippen molar-refractivity contribution in [2.75, 3.05) is 32.8 Å². The number of β-amino-alcohol motifs (C(OH)–C–C–N with tert-alkyl or cyclic N) is 1. The Morgan fingerprint density at radius 2 is 2.00 bits per heavy atom. The first kappa shape index (κ1) is 28.1. The lowest BCUT2D eigenvalue weighted by Crippen LogP contribution is -2.52. The van der Waals surface area contributed by atoms with Crippen molar-refractivity contribution in [2.45, 2.75) is 57.3 Å². The van der Waals surface area contributed by atoms with E-state index < -0.39 is 34.9 Å². The lowest BCUT2D eigenvalue weighted by atomic mass is 9.97. The summed E-state index contributed by atoms with van der Waals surface area (Å²) in [6.45, 7) is 7.74. The van der Waals surface area contributed by atoms with E-state index in [1.54, 1.807) is 45.2 Å². The molecule has 3 heterocycles. The molecule has 3 N–H and O–H groups in total. The zero-order chi connectivity index (χ0) is 27.5. The molecular weight excluding hydrogens is 494 g/mol. The summed E-state index contributed by atoms with van der Waals surface area (Å²) in [7, 11) is 0. The van der Waals surface area contributed by atoms with Gasteiger partial charge in [-0.15, -0.1) is 0 Å². The minimum atomic E-state index is -1.19. The van der Waals surface area contributed by atoms with Crippen LogP contribution in [0.25, 0.3) is 11.3 Å². The van der Waals surface area contributed by atoms with Crippen molar-refractivity contribution in [1.29, 1.82) is 0 Å². The average molecular weight is 531 g/mol. The number of carbonyl (C=O) groups is 2. The van der Waals surface area contributed by atoms with Gasteiger partial charge < -0.3 is 20.1 Å². The predicted molar refractivity (Wildman–Crippen MR) is 139 cm³/mol. The van der Waals surface area contributed by atoms with Crippen LogP contribution in [0.1, 0.15) is 50.4 Å². The second-order valence-electron chi connectivity index (χ2n) is 11.2. The number of aromatic nitrogens is 1. The van der Waals surface area contributed by atoms with Crippen LogP contribution in [-0.2, 0) is 4.79 Å². The largest absolute Gasteiger partial charge is 0.492 e. The SMILES string of the molecule is CC(C)(F)CN1CCC(COc2ccc(-c3ccc(C(=O)NC(=O)[C@]4(C)C[C@@H](O)CN4)c(F)c3)nc2)CC1. The van der Waals surface area contributed by atoms with Gasteiger partial charge in [-0.3, -0.25) is 19.9 Å². The molecule has 0 saturated carbocycles. The molecule has 2 aliphatic heterocycles. The molecule has 38 heavy (non-hydrogen) atoms. The molecule has 2 aliphatic rings. The van der Waals surface area contributed by atoms with E-state index in [1.807, 2.05) is 0 Å². The summed E-state index contributed by atoms with van der Waals surface area (Å²) in [5, 5.41) is 14.8.